The second-order valence-corrected chi connectivity index (χ2v) is 4.30. The van der Waals surface area contributed by atoms with Crippen molar-refractivity contribution in [2.24, 2.45) is 0 Å². The number of nitrogens with one attached hydrogen (secondary N) is 1. The molecule has 1 unspecified atom stereocenters. The molecule has 1 aromatic rings. The number of ether oxygens (including phenoxy) is 1. The number of benzene rings is 1. The first kappa shape index (κ1) is 13.7. The molecule has 3 nitrogen and oxygen atoms in total. The summed E-state index contributed by atoms with van der Waals surface area (Å²) in [5, 5.41) is 13.6. The normalized spacial score (nSPS) is 12.8. The minimum absolute atomic E-state index is 0.328. The molecular weight excluding hydrogens is 249 g/mol. The fraction of sp³-hybridized carbons (Fsp3) is 0.455. The van der Waals surface area contributed by atoms with E-state index in [0.29, 0.717) is 29.7 Å². The van der Waals surface area contributed by atoms with Crippen molar-refractivity contribution in [2.75, 3.05) is 20.3 Å². The standard InChI is InChI=1S/C11H15Cl2NO2/c1-16-7-9(15)6-14-5-8-2-3-10(12)11(13)4-8/h2-4,9,14-15H,5-7H2,1H3. The molecule has 0 radical (unpaired) electrons. The summed E-state index contributed by atoms with van der Waals surface area (Å²) in [4.78, 5) is 0. The number of aliphatic hydroxyl groups excluding tert-OH is 1. The predicted octanol–water partition coefficient (Wildman–Crippen LogP) is 2.09. The molecule has 0 saturated carbocycles. The van der Waals surface area contributed by atoms with Gasteiger partial charge in [0.15, 0.2) is 0 Å². The minimum atomic E-state index is -0.493. The zero-order chi connectivity index (χ0) is 12.0. The van der Waals surface area contributed by atoms with Crippen LogP contribution in [0.5, 0.6) is 0 Å². The third-order valence-electron chi connectivity index (χ3n) is 2.05. The van der Waals surface area contributed by atoms with E-state index in [1.807, 2.05) is 6.07 Å². The number of halogens is 2. The van der Waals surface area contributed by atoms with Gasteiger partial charge in [-0.25, -0.2) is 0 Å². The fourth-order valence-corrected chi connectivity index (χ4v) is 1.60. The van der Waals surface area contributed by atoms with E-state index in [4.69, 9.17) is 27.9 Å². The van der Waals surface area contributed by atoms with Gasteiger partial charge < -0.3 is 15.2 Å². The number of aliphatic hydroxyl groups is 1. The van der Waals surface area contributed by atoms with Crippen LogP contribution in [0.3, 0.4) is 0 Å². The molecule has 2 N–H and O–H groups in total. The number of rotatable bonds is 6. The highest BCUT2D eigenvalue weighted by Crippen LogP contribution is 2.22. The molecule has 0 aliphatic heterocycles. The van der Waals surface area contributed by atoms with Crippen LogP contribution in [0.15, 0.2) is 18.2 Å². The molecule has 0 amide bonds. The van der Waals surface area contributed by atoms with Crippen molar-refractivity contribution in [3.63, 3.8) is 0 Å². The van der Waals surface area contributed by atoms with Gasteiger partial charge in [-0.2, -0.15) is 0 Å². The van der Waals surface area contributed by atoms with Crippen LogP contribution in [0.4, 0.5) is 0 Å². The van der Waals surface area contributed by atoms with Gasteiger partial charge in [-0.1, -0.05) is 29.3 Å². The van der Waals surface area contributed by atoms with E-state index in [1.54, 1.807) is 19.2 Å². The second kappa shape index (κ2) is 7.09. The van der Waals surface area contributed by atoms with Crippen molar-refractivity contribution in [2.45, 2.75) is 12.6 Å². The lowest BCUT2D eigenvalue weighted by Crippen LogP contribution is -2.29. The average Bonchev–Trinajstić information content (AvgIpc) is 2.24. The van der Waals surface area contributed by atoms with E-state index in [9.17, 15) is 5.11 Å². The van der Waals surface area contributed by atoms with Gasteiger partial charge in [-0.15, -0.1) is 0 Å². The van der Waals surface area contributed by atoms with E-state index < -0.39 is 6.10 Å². The van der Waals surface area contributed by atoms with E-state index >= 15 is 0 Å². The van der Waals surface area contributed by atoms with Crippen molar-refractivity contribution in [3.05, 3.63) is 33.8 Å². The Balaban J connectivity index is 2.34. The first-order valence-corrected chi connectivity index (χ1v) is 5.70. The molecule has 0 aliphatic carbocycles. The van der Waals surface area contributed by atoms with Crippen LogP contribution in [0, 0.1) is 0 Å². The lowest BCUT2D eigenvalue weighted by molar-refractivity contribution is 0.0644. The summed E-state index contributed by atoms with van der Waals surface area (Å²) in [6.45, 7) is 1.44. The highest BCUT2D eigenvalue weighted by Gasteiger charge is 2.03. The van der Waals surface area contributed by atoms with Gasteiger partial charge >= 0.3 is 0 Å². The quantitative estimate of drug-likeness (QED) is 0.826. The number of hydrogen-bond donors (Lipinski definition) is 2. The summed E-state index contributed by atoms with van der Waals surface area (Å²) < 4.78 is 4.81. The van der Waals surface area contributed by atoms with Crippen molar-refractivity contribution < 1.29 is 9.84 Å². The Hall–Kier alpha value is -0.320. The largest absolute Gasteiger partial charge is 0.389 e. The molecule has 1 atom stereocenters. The molecule has 1 aromatic carbocycles. The van der Waals surface area contributed by atoms with E-state index in [1.165, 1.54) is 0 Å². The van der Waals surface area contributed by atoms with Crippen LogP contribution in [-0.2, 0) is 11.3 Å². The summed E-state index contributed by atoms with van der Waals surface area (Å²) in [7, 11) is 1.56. The van der Waals surface area contributed by atoms with Crippen LogP contribution in [0.25, 0.3) is 0 Å². The van der Waals surface area contributed by atoms with Gasteiger partial charge in [0.2, 0.25) is 0 Å². The zero-order valence-corrected chi connectivity index (χ0v) is 10.6. The molecule has 0 fully saturated rings. The van der Waals surface area contributed by atoms with Gasteiger partial charge in [-0.3, -0.25) is 0 Å². The molecular formula is C11H15Cl2NO2. The molecule has 0 bridgehead atoms. The van der Waals surface area contributed by atoms with Gasteiger partial charge in [0.25, 0.3) is 0 Å². The van der Waals surface area contributed by atoms with Crippen molar-refractivity contribution >= 4 is 23.2 Å². The fourth-order valence-electron chi connectivity index (χ4n) is 1.28. The van der Waals surface area contributed by atoms with Crippen molar-refractivity contribution in [1.82, 2.24) is 5.32 Å². The van der Waals surface area contributed by atoms with E-state index in [-0.39, 0.29) is 0 Å². The molecule has 0 spiro atoms. The summed E-state index contributed by atoms with van der Waals surface area (Å²) in [6, 6.07) is 5.45. The van der Waals surface area contributed by atoms with Crippen LogP contribution < -0.4 is 5.32 Å². The maximum atomic E-state index is 9.39. The Kier molecular flexibility index (Phi) is 6.09. The van der Waals surface area contributed by atoms with Gasteiger partial charge in [-0.05, 0) is 17.7 Å². The summed E-state index contributed by atoms with van der Waals surface area (Å²) in [5.41, 5.74) is 1.03. The van der Waals surface area contributed by atoms with E-state index in [0.717, 1.165) is 5.56 Å². The molecule has 5 heteroatoms. The molecule has 1 rings (SSSR count). The third kappa shape index (κ3) is 4.68. The monoisotopic (exact) mass is 263 g/mol. The Morgan fingerprint density at radius 1 is 1.38 bits per heavy atom. The Morgan fingerprint density at radius 2 is 2.12 bits per heavy atom. The van der Waals surface area contributed by atoms with E-state index in [2.05, 4.69) is 5.32 Å². The Bertz CT molecular complexity index is 334. The summed E-state index contributed by atoms with van der Waals surface area (Å²) >= 11 is 11.7. The third-order valence-corrected chi connectivity index (χ3v) is 2.79. The predicted molar refractivity (Wildman–Crippen MR) is 66.1 cm³/mol. The molecule has 0 aliphatic rings. The second-order valence-electron chi connectivity index (χ2n) is 3.49. The first-order chi connectivity index (χ1) is 7.63. The summed E-state index contributed by atoms with van der Waals surface area (Å²) in [6.07, 6.45) is -0.493. The van der Waals surface area contributed by atoms with Crippen LogP contribution in [0.1, 0.15) is 5.56 Å². The van der Waals surface area contributed by atoms with Crippen LogP contribution >= 0.6 is 23.2 Å². The molecule has 90 valence electrons. The topological polar surface area (TPSA) is 41.5 Å². The molecule has 0 heterocycles. The van der Waals surface area contributed by atoms with Gasteiger partial charge in [0.05, 0.1) is 22.8 Å². The molecule has 0 aromatic heterocycles. The van der Waals surface area contributed by atoms with Gasteiger partial charge in [0.1, 0.15) is 0 Å². The maximum Gasteiger partial charge on any atom is 0.0897 e. The summed E-state index contributed by atoms with van der Waals surface area (Å²) in [5.74, 6) is 0. The Morgan fingerprint density at radius 3 is 2.75 bits per heavy atom. The van der Waals surface area contributed by atoms with Crippen molar-refractivity contribution in [1.29, 1.82) is 0 Å². The zero-order valence-electron chi connectivity index (χ0n) is 9.04. The highest BCUT2D eigenvalue weighted by atomic mass is 35.5. The minimum Gasteiger partial charge on any atom is -0.389 e. The SMILES string of the molecule is COCC(O)CNCc1ccc(Cl)c(Cl)c1. The first-order valence-electron chi connectivity index (χ1n) is 4.95. The number of methoxy groups -OCH3 is 1. The lowest BCUT2D eigenvalue weighted by atomic mass is 10.2. The lowest BCUT2D eigenvalue weighted by Gasteiger charge is -2.10. The van der Waals surface area contributed by atoms with Crippen LogP contribution in [-0.4, -0.2) is 31.5 Å². The smallest absolute Gasteiger partial charge is 0.0897 e. The maximum absolute atomic E-state index is 9.39. The number of hydrogen-bond acceptors (Lipinski definition) is 3. The molecule has 0 saturated heterocycles. The van der Waals surface area contributed by atoms with Crippen molar-refractivity contribution in [3.8, 4) is 0 Å². The van der Waals surface area contributed by atoms with Crippen LogP contribution in [0.2, 0.25) is 10.0 Å². The Labute approximate surface area is 105 Å². The molecule has 16 heavy (non-hydrogen) atoms. The average molecular weight is 264 g/mol. The highest BCUT2D eigenvalue weighted by molar-refractivity contribution is 6.42. The van der Waals surface area contributed by atoms with Gasteiger partial charge in [0, 0.05) is 20.2 Å².